The molecule has 1 heterocycles. The molecule has 7 nitrogen and oxygen atoms in total. The topological polar surface area (TPSA) is 82.5 Å². The van der Waals surface area contributed by atoms with Crippen LogP contribution in [0.3, 0.4) is 0 Å². The number of allylic oxidation sites excluding steroid dienone is 5. The number of aromatic nitrogens is 2. The van der Waals surface area contributed by atoms with Crippen molar-refractivity contribution in [3.63, 3.8) is 0 Å². The molecule has 3 rings (SSSR count). The number of nitrogens with one attached hydrogen (secondary N) is 2. The van der Waals surface area contributed by atoms with E-state index in [0.29, 0.717) is 18.2 Å². The highest BCUT2D eigenvalue weighted by molar-refractivity contribution is 6.12. The van der Waals surface area contributed by atoms with E-state index in [1.165, 1.54) is 6.42 Å². The Balaban J connectivity index is 2.09. The van der Waals surface area contributed by atoms with Crippen LogP contribution in [0.2, 0.25) is 0 Å². The molecule has 1 fully saturated rings. The number of benzene rings is 1. The third-order valence-corrected chi connectivity index (χ3v) is 6.69. The van der Waals surface area contributed by atoms with Gasteiger partial charge in [0, 0.05) is 69.9 Å². The summed E-state index contributed by atoms with van der Waals surface area (Å²) in [7, 11) is 5.72. The molecule has 1 saturated carbocycles. The molecular formula is C32H42N6O. The zero-order chi connectivity index (χ0) is 28.4. The van der Waals surface area contributed by atoms with Gasteiger partial charge in [0.25, 0.3) is 0 Å². The first-order valence-electron chi connectivity index (χ1n) is 13.5. The van der Waals surface area contributed by atoms with E-state index in [1.807, 2.05) is 62.6 Å². The molecule has 206 valence electrons. The fourth-order valence-corrected chi connectivity index (χ4v) is 5.02. The van der Waals surface area contributed by atoms with Crippen molar-refractivity contribution in [3.05, 3.63) is 78.7 Å². The Morgan fingerprint density at radius 2 is 1.92 bits per heavy atom. The first-order chi connectivity index (χ1) is 18.7. The molecule has 1 aromatic heterocycles. The lowest BCUT2D eigenvalue weighted by Gasteiger charge is -2.38. The first kappa shape index (κ1) is 29.6. The Morgan fingerprint density at radius 1 is 1.18 bits per heavy atom. The second kappa shape index (κ2) is 13.7. The van der Waals surface area contributed by atoms with E-state index in [2.05, 4.69) is 40.9 Å². The maximum absolute atomic E-state index is 12.1. The number of hydrogen-bond donors (Lipinski definition) is 2. The van der Waals surface area contributed by atoms with Gasteiger partial charge in [0.05, 0.1) is 5.54 Å². The predicted molar refractivity (Wildman–Crippen MR) is 165 cm³/mol. The van der Waals surface area contributed by atoms with Gasteiger partial charge in [-0.1, -0.05) is 68.3 Å². The van der Waals surface area contributed by atoms with Gasteiger partial charge in [-0.2, -0.15) is 0 Å². The summed E-state index contributed by atoms with van der Waals surface area (Å²) in [4.78, 5) is 28.1. The Kier molecular flexibility index (Phi) is 10.4. The monoisotopic (exact) mass is 526 g/mol. The average Bonchev–Trinajstić information content (AvgIpc) is 2.90. The molecule has 0 unspecified atom stereocenters. The Morgan fingerprint density at radius 3 is 2.54 bits per heavy atom. The van der Waals surface area contributed by atoms with Crippen molar-refractivity contribution in [2.24, 2.45) is 4.99 Å². The van der Waals surface area contributed by atoms with Crippen LogP contribution in [0.1, 0.15) is 57.1 Å². The van der Waals surface area contributed by atoms with Gasteiger partial charge in [-0.3, -0.25) is 9.79 Å². The summed E-state index contributed by atoms with van der Waals surface area (Å²) in [6, 6.07) is 8.15. The number of aliphatic imine (C=N–C) groups is 1. The van der Waals surface area contributed by atoms with Crippen molar-refractivity contribution in [2.75, 3.05) is 33.0 Å². The number of rotatable bonds is 11. The lowest BCUT2D eigenvalue weighted by Crippen LogP contribution is -2.53. The maximum Gasteiger partial charge on any atom is 0.217 e. The zero-order valence-corrected chi connectivity index (χ0v) is 24.1. The second-order valence-corrected chi connectivity index (χ2v) is 10.5. The molecule has 7 heteroatoms. The summed E-state index contributed by atoms with van der Waals surface area (Å²) in [5, 5.41) is 6.83. The van der Waals surface area contributed by atoms with Crippen LogP contribution >= 0.6 is 0 Å². The van der Waals surface area contributed by atoms with Crippen LogP contribution in [0.25, 0.3) is 22.5 Å². The van der Waals surface area contributed by atoms with Gasteiger partial charge in [-0.05, 0) is 37.0 Å². The minimum Gasteiger partial charge on any atom is -0.383 e. The smallest absolute Gasteiger partial charge is 0.217 e. The Labute approximate surface area is 233 Å². The van der Waals surface area contributed by atoms with Crippen LogP contribution in [-0.2, 0) is 4.79 Å². The van der Waals surface area contributed by atoms with Crippen molar-refractivity contribution in [1.82, 2.24) is 20.2 Å². The minimum atomic E-state index is -0.306. The molecule has 0 atom stereocenters. The van der Waals surface area contributed by atoms with Crippen LogP contribution < -0.4 is 10.6 Å². The molecule has 2 N–H and O–H groups in total. The van der Waals surface area contributed by atoms with Crippen molar-refractivity contribution in [2.45, 2.75) is 51.5 Å². The molecule has 1 aliphatic carbocycles. The van der Waals surface area contributed by atoms with Crippen LogP contribution in [0.5, 0.6) is 0 Å². The first-order valence-corrected chi connectivity index (χ1v) is 13.5. The van der Waals surface area contributed by atoms with E-state index < -0.39 is 0 Å². The van der Waals surface area contributed by atoms with E-state index in [0.717, 1.165) is 59.1 Å². The van der Waals surface area contributed by atoms with Crippen molar-refractivity contribution in [3.8, 4) is 11.4 Å². The molecule has 1 amide bonds. The van der Waals surface area contributed by atoms with Crippen LogP contribution in [-0.4, -0.2) is 60.2 Å². The minimum absolute atomic E-state index is 0.0103. The van der Waals surface area contributed by atoms with Gasteiger partial charge in [-0.25, -0.2) is 9.97 Å². The van der Waals surface area contributed by atoms with Crippen LogP contribution in [0, 0.1) is 0 Å². The summed E-state index contributed by atoms with van der Waals surface area (Å²) in [5.41, 5.74) is 5.24. The highest BCUT2D eigenvalue weighted by atomic mass is 16.1. The van der Waals surface area contributed by atoms with E-state index in [4.69, 9.17) is 9.97 Å². The van der Waals surface area contributed by atoms with Gasteiger partial charge in [0.2, 0.25) is 5.91 Å². The predicted octanol–water partition coefficient (Wildman–Crippen LogP) is 6.14. The Hall–Kier alpha value is -4.00. The molecule has 0 aliphatic heterocycles. The van der Waals surface area contributed by atoms with E-state index in [9.17, 15) is 4.79 Å². The lowest BCUT2D eigenvalue weighted by atomic mass is 9.81. The summed E-state index contributed by atoms with van der Waals surface area (Å²) >= 11 is 0. The van der Waals surface area contributed by atoms with Crippen molar-refractivity contribution in [1.29, 1.82) is 0 Å². The molecule has 39 heavy (non-hydrogen) atoms. The lowest BCUT2D eigenvalue weighted by molar-refractivity contribution is -0.121. The summed E-state index contributed by atoms with van der Waals surface area (Å²) in [6.45, 7) is 12.1. The number of carbonyl (C=O) groups excluding carboxylic acids is 1. The SMILES string of the molecule is C=C/C(=C\N(C)C)c1cccc(-c2ncc(C(/C=N\C)=C/C(=C)C)c(NCC3(NC(C)=O)CCCCC3)n2)c1. The number of carbonyl (C=O) groups is 1. The van der Waals surface area contributed by atoms with Gasteiger partial charge in [0.15, 0.2) is 5.82 Å². The molecule has 0 bridgehead atoms. The molecule has 1 aliphatic rings. The van der Waals surface area contributed by atoms with Gasteiger partial charge >= 0.3 is 0 Å². The summed E-state index contributed by atoms with van der Waals surface area (Å²) < 4.78 is 0. The average molecular weight is 527 g/mol. The van der Waals surface area contributed by atoms with Crippen molar-refractivity contribution >= 4 is 29.1 Å². The fraction of sp³-hybridized carbons (Fsp3) is 0.375. The molecule has 1 aromatic carbocycles. The van der Waals surface area contributed by atoms with Gasteiger partial charge < -0.3 is 15.5 Å². The zero-order valence-electron chi connectivity index (χ0n) is 24.1. The van der Waals surface area contributed by atoms with E-state index >= 15 is 0 Å². The van der Waals surface area contributed by atoms with Crippen molar-refractivity contribution < 1.29 is 4.79 Å². The largest absolute Gasteiger partial charge is 0.383 e. The van der Waals surface area contributed by atoms with Gasteiger partial charge in [0.1, 0.15) is 5.82 Å². The molecule has 2 aromatic rings. The molecule has 0 saturated heterocycles. The number of nitrogens with zero attached hydrogens (tertiary/aromatic N) is 4. The number of anilines is 1. The third kappa shape index (κ3) is 8.24. The normalized spacial score (nSPS) is 15.6. The molecule has 0 radical (unpaired) electrons. The third-order valence-electron chi connectivity index (χ3n) is 6.69. The van der Waals surface area contributed by atoms with Crippen LogP contribution in [0.4, 0.5) is 5.82 Å². The number of hydrogen-bond acceptors (Lipinski definition) is 6. The Bertz CT molecular complexity index is 1280. The number of amides is 1. The quantitative estimate of drug-likeness (QED) is 0.271. The maximum atomic E-state index is 12.1. The van der Waals surface area contributed by atoms with E-state index in [-0.39, 0.29) is 11.4 Å². The highest BCUT2D eigenvalue weighted by Crippen LogP contribution is 2.31. The van der Waals surface area contributed by atoms with Crippen LogP contribution in [0.15, 0.2) is 72.5 Å². The highest BCUT2D eigenvalue weighted by Gasteiger charge is 2.33. The molecule has 0 spiro atoms. The summed E-state index contributed by atoms with van der Waals surface area (Å²) in [5.74, 6) is 1.29. The second-order valence-electron chi connectivity index (χ2n) is 10.5. The van der Waals surface area contributed by atoms with Gasteiger partial charge in [-0.15, -0.1) is 0 Å². The molecular weight excluding hydrogens is 484 g/mol. The summed E-state index contributed by atoms with van der Waals surface area (Å²) in [6.07, 6.45) is 14.7. The van der Waals surface area contributed by atoms with E-state index in [1.54, 1.807) is 20.2 Å². The fourth-order valence-electron chi connectivity index (χ4n) is 5.02. The standard InChI is InChI=1S/C32H42N6O/c1-8-25(21-38(6)7)26-13-12-14-27(18-26)30-34-20-29(28(19-33-5)17-23(2)3)31(36-30)35-22-32(37-24(4)39)15-10-9-11-16-32/h8,12-14,17-21H,1-2,9-11,15-16,22H2,3-7H3,(H,37,39)(H,34,35,36)/b25-21+,28-17+,33-19-.